The zero-order chi connectivity index (χ0) is 11.5. The van der Waals surface area contributed by atoms with Gasteiger partial charge in [-0.15, -0.1) is 0 Å². The van der Waals surface area contributed by atoms with E-state index in [0.717, 1.165) is 24.3 Å². The fourth-order valence-electron chi connectivity index (χ4n) is 2.04. The van der Waals surface area contributed by atoms with E-state index in [1.165, 1.54) is 24.0 Å². The SMILES string of the molecule is CN=C(C)C1=C(C)CCC=CC1=NC1CC1. The van der Waals surface area contributed by atoms with Crippen LogP contribution in [0.2, 0.25) is 0 Å². The molecule has 16 heavy (non-hydrogen) atoms. The third kappa shape index (κ3) is 2.49. The average molecular weight is 216 g/mol. The Kier molecular flexibility index (Phi) is 3.37. The molecule has 0 aromatic rings. The minimum absolute atomic E-state index is 0.574. The zero-order valence-corrected chi connectivity index (χ0v) is 10.5. The molecule has 0 N–H and O–H groups in total. The molecule has 1 fully saturated rings. The summed E-state index contributed by atoms with van der Waals surface area (Å²) in [5.41, 5.74) is 4.97. The molecule has 0 heterocycles. The highest BCUT2D eigenvalue weighted by Crippen LogP contribution is 2.27. The highest BCUT2D eigenvalue weighted by molar-refractivity contribution is 6.28. The van der Waals surface area contributed by atoms with Crippen molar-refractivity contribution in [2.45, 2.75) is 45.6 Å². The summed E-state index contributed by atoms with van der Waals surface area (Å²) in [4.78, 5) is 9.13. The van der Waals surface area contributed by atoms with E-state index in [-0.39, 0.29) is 0 Å². The molecule has 2 aliphatic carbocycles. The van der Waals surface area contributed by atoms with Crippen LogP contribution < -0.4 is 0 Å². The molecule has 86 valence electrons. The topological polar surface area (TPSA) is 24.7 Å². The van der Waals surface area contributed by atoms with Gasteiger partial charge in [0.2, 0.25) is 0 Å². The Balaban J connectivity index is 2.40. The van der Waals surface area contributed by atoms with E-state index in [4.69, 9.17) is 4.99 Å². The summed E-state index contributed by atoms with van der Waals surface area (Å²) < 4.78 is 0. The van der Waals surface area contributed by atoms with Gasteiger partial charge in [-0.05, 0) is 45.6 Å². The lowest BCUT2D eigenvalue weighted by Gasteiger charge is -2.10. The second-order valence-corrected chi connectivity index (χ2v) is 4.65. The van der Waals surface area contributed by atoms with Gasteiger partial charge in [0.15, 0.2) is 0 Å². The zero-order valence-electron chi connectivity index (χ0n) is 10.5. The van der Waals surface area contributed by atoms with Gasteiger partial charge in [0.05, 0.1) is 11.8 Å². The molecule has 2 nitrogen and oxygen atoms in total. The molecule has 0 aromatic carbocycles. The van der Waals surface area contributed by atoms with Crippen molar-refractivity contribution < 1.29 is 0 Å². The minimum atomic E-state index is 0.574. The molecule has 2 aliphatic rings. The predicted molar refractivity (Wildman–Crippen MR) is 70.6 cm³/mol. The Morgan fingerprint density at radius 1 is 1.38 bits per heavy atom. The fourth-order valence-corrected chi connectivity index (χ4v) is 2.04. The summed E-state index contributed by atoms with van der Waals surface area (Å²) in [5.74, 6) is 0. The number of hydrogen-bond acceptors (Lipinski definition) is 2. The molecule has 0 radical (unpaired) electrons. The molecule has 0 aromatic heterocycles. The Morgan fingerprint density at radius 3 is 2.75 bits per heavy atom. The fraction of sp³-hybridized carbons (Fsp3) is 0.571. The van der Waals surface area contributed by atoms with E-state index in [1.807, 2.05) is 7.05 Å². The molecule has 1 saturated carbocycles. The van der Waals surface area contributed by atoms with Crippen molar-refractivity contribution in [2.24, 2.45) is 9.98 Å². The van der Waals surface area contributed by atoms with Gasteiger partial charge >= 0.3 is 0 Å². The molecule has 0 spiro atoms. The highest BCUT2D eigenvalue weighted by atomic mass is 14.8. The van der Waals surface area contributed by atoms with Crippen LogP contribution in [-0.2, 0) is 0 Å². The Bertz CT molecular complexity index is 393. The van der Waals surface area contributed by atoms with Gasteiger partial charge in [0.1, 0.15) is 0 Å². The van der Waals surface area contributed by atoms with E-state index in [9.17, 15) is 0 Å². The van der Waals surface area contributed by atoms with Crippen LogP contribution in [0, 0.1) is 0 Å². The van der Waals surface area contributed by atoms with E-state index in [0.29, 0.717) is 6.04 Å². The molecular formula is C14H20N2. The normalized spacial score (nSPS) is 25.2. The van der Waals surface area contributed by atoms with Crippen molar-refractivity contribution in [1.29, 1.82) is 0 Å². The van der Waals surface area contributed by atoms with Gasteiger partial charge in [0, 0.05) is 18.3 Å². The van der Waals surface area contributed by atoms with Crippen LogP contribution in [0.3, 0.4) is 0 Å². The van der Waals surface area contributed by atoms with Gasteiger partial charge in [-0.2, -0.15) is 0 Å². The van der Waals surface area contributed by atoms with Crippen LogP contribution in [0.5, 0.6) is 0 Å². The van der Waals surface area contributed by atoms with E-state index < -0.39 is 0 Å². The standard InChI is InChI=1S/C14H20N2/c1-10-6-4-5-7-13(16-12-8-9-12)14(10)11(2)15-3/h5,7,12H,4,6,8-9H2,1-3H3. The van der Waals surface area contributed by atoms with Crippen molar-refractivity contribution >= 4 is 11.4 Å². The van der Waals surface area contributed by atoms with Crippen LogP contribution in [0.25, 0.3) is 0 Å². The molecule has 0 saturated heterocycles. The lowest BCUT2D eigenvalue weighted by molar-refractivity contribution is 0.980. The van der Waals surface area contributed by atoms with E-state index in [2.05, 4.69) is 31.0 Å². The molecule has 0 atom stereocenters. The summed E-state index contributed by atoms with van der Waals surface area (Å²) in [6, 6.07) is 0.574. The lowest BCUT2D eigenvalue weighted by atomic mass is 9.99. The monoisotopic (exact) mass is 216 g/mol. The maximum Gasteiger partial charge on any atom is 0.0664 e. The van der Waals surface area contributed by atoms with Gasteiger partial charge < -0.3 is 0 Å². The summed E-state index contributed by atoms with van der Waals surface area (Å²) in [5, 5.41) is 0. The van der Waals surface area contributed by atoms with Gasteiger partial charge in [0.25, 0.3) is 0 Å². The smallest absolute Gasteiger partial charge is 0.0664 e. The average Bonchev–Trinajstić information content (AvgIpc) is 3.07. The van der Waals surface area contributed by atoms with Gasteiger partial charge in [-0.3, -0.25) is 9.98 Å². The number of allylic oxidation sites excluding steroid dienone is 4. The first-order chi connectivity index (χ1) is 7.72. The van der Waals surface area contributed by atoms with Crippen molar-refractivity contribution in [2.75, 3.05) is 7.05 Å². The molecule has 0 aliphatic heterocycles. The number of hydrogen-bond donors (Lipinski definition) is 0. The number of aliphatic imine (C=N–C) groups is 2. The second kappa shape index (κ2) is 4.77. The summed E-state index contributed by atoms with van der Waals surface area (Å²) in [6.07, 6.45) is 9.18. The van der Waals surface area contributed by atoms with Crippen LogP contribution in [0.15, 0.2) is 33.3 Å². The molecule has 0 amide bonds. The van der Waals surface area contributed by atoms with Crippen LogP contribution in [0.1, 0.15) is 39.5 Å². The quantitative estimate of drug-likeness (QED) is 0.632. The molecule has 2 heteroatoms. The molecule has 2 rings (SSSR count). The van der Waals surface area contributed by atoms with Crippen molar-refractivity contribution in [3.8, 4) is 0 Å². The van der Waals surface area contributed by atoms with Gasteiger partial charge in [-0.1, -0.05) is 11.6 Å². The predicted octanol–water partition coefficient (Wildman–Crippen LogP) is 3.35. The van der Waals surface area contributed by atoms with E-state index >= 15 is 0 Å². The Hall–Kier alpha value is -1.18. The molecular weight excluding hydrogens is 196 g/mol. The summed E-state index contributed by atoms with van der Waals surface area (Å²) >= 11 is 0. The minimum Gasteiger partial charge on any atom is -0.293 e. The maximum atomic E-state index is 4.80. The van der Waals surface area contributed by atoms with Gasteiger partial charge in [-0.25, -0.2) is 0 Å². The van der Waals surface area contributed by atoms with E-state index in [1.54, 1.807) is 0 Å². The van der Waals surface area contributed by atoms with Crippen molar-refractivity contribution in [1.82, 2.24) is 0 Å². The molecule has 0 unspecified atom stereocenters. The highest BCUT2D eigenvalue weighted by Gasteiger charge is 2.22. The van der Waals surface area contributed by atoms with Crippen molar-refractivity contribution in [3.05, 3.63) is 23.3 Å². The second-order valence-electron chi connectivity index (χ2n) is 4.65. The third-order valence-corrected chi connectivity index (χ3v) is 3.21. The largest absolute Gasteiger partial charge is 0.293 e. The first kappa shape index (κ1) is 11.3. The maximum absolute atomic E-state index is 4.80. The Morgan fingerprint density at radius 2 is 2.12 bits per heavy atom. The van der Waals surface area contributed by atoms with Crippen LogP contribution in [-0.4, -0.2) is 24.5 Å². The first-order valence-corrected chi connectivity index (χ1v) is 6.10. The van der Waals surface area contributed by atoms with Crippen molar-refractivity contribution in [3.63, 3.8) is 0 Å². The van der Waals surface area contributed by atoms with Crippen LogP contribution in [0.4, 0.5) is 0 Å². The van der Waals surface area contributed by atoms with Crippen LogP contribution >= 0.6 is 0 Å². The Labute approximate surface area is 97.9 Å². The number of rotatable bonds is 2. The summed E-state index contributed by atoms with van der Waals surface area (Å²) in [6.45, 7) is 4.29. The third-order valence-electron chi connectivity index (χ3n) is 3.21. The summed E-state index contributed by atoms with van der Waals surface area (Å²) in [7, 11) is 1.86. The first-order valence-electron chi connectivity index (χ1n) is 6.10. The molecule has 0 bridgehead atoms. The lowest BCUT2D eigenvalue weighted by Crippen LogP contribution is -2.11. The number of nitrogens with zero attached hydrogens (tertiary/aromatic N) is 2.